The number of ketones is 1. The van der Waals surface area contributed by atoms with Gasteiger partial charge in [-0.2, -0.15) is 5.10 Å². The molecule has 0 saturated heterocycles. The van der Waals surface area contributed by atoms with Gasteiger partial charge in [0.1, 0.15) is 6.04 Å². The van der Waals surface area contributed by atoms with E-state index in [-0.39, 0.29) is 5.78 Å². The zero-order valence-electron chi connectivity index (χ0n) is 18.1. The molecule has 0 amide bonds. The van der Waals surface area contributed by atoms with E-state index in [1.807, 2.05) is 120 Å². The van der Waals surface area contributed by atoms with Gasteiger partial charge in [-0.05, 0) is 42.0 Å². The van der Waals surface area contributed by atoms with Gasteiger partial charge in [-0.1, -0.05) is 107 Å². The minimum atomic E-state index is -0.702. The van der Waals surface area contributed by atoms with E-state index >= 15 is 0 Å². The van der Waals surface area contributed by atoms with Crippen molar-refractivity contribution in [3.05, 3.63) is 136 Å². The minimum absolute atomic E-state index is 0.0681. The molecule has 1 aromatic heterocycles. The molecular formula is C28H20BrN3OS. The van der Waals surface area contributed by atoms with Crippen molar-refractivity contribution in [3.63, 3.8) is 0 Å². The lowest BCUT2D eigenvalue weighted by molar-refractivity contribution is 0.0939. The standard InChI is InChI=1S/C28H20BrN3OS/c29-23-16-10-15-22(19-23)27-30-32(28(34)31(27)24-17-8-3-9-18-24)25(20-11-4-1-5-12-20)26(33)21-13-6-2-7-14-21/h1-19,25H. The van der Waals surface area contributed by atoms with Crippen LogP contribution >= 0.6 is 28.1 Å². The molecule has 6 heteroatoms. The average molecular weight is 526 g/mol. The molecule has 0 fully saturated rings. The Balaban J connectivity index is 1.77. The van der Waals surface area contributed by atoms with Crippen molar-refractivity contribution in [2.75, 3.05) is 0 Å². The molecule has 0 radical (unpaired) electrons. The van der Waals surface area contributed by atoms with E-state index in [4.69, 9.17) is 17.3 Å². The van der Waals surface area contributed by atoms with Crippen molar-refractivity contribution >= 4 is 33.9 Å². The van der Waals surface area contributed by atoms with Gasteiger partial charge in [0.25, 0.3) is 0 Å². The fourth-order valence-corrected chi connectivity index (χ4v) is 4.71. The zero-order valence-corrected chi connectivity index (χ0v) is 20.5. The molecule has 0 aliphatic heterocycles. The van der Waals surface area contributed by atoms with Crippen molar-refractivity contribution < 1.29 is 4.79 Å². The maximum Gasteiger partial charge on any atom is 0.203 e. The largest absolute Gasteiger partial charge is 0.291 e. The number of para-hydroxylation sites is 1. The number of benzene rings is 4. The highest BCUT2D eigenvalue weighted by Crippen LogP contribution is 2.29. The molecule has 166 valence electrons. The summed E-state index contributed by atoms with van der Waals surface area (Å²) in [5, 5.41) is 4.95. The third-order valence-electron chi connectivity index (χ3n) is 5.57. The van der Waals surface area contributed by atoms with E-state index in [9.17, 15) is 4.79 Å². The maximum absolute atomic E-state index is 13.8. The Morgan fingerprint density at radius 1 is 0.794 bits per heavy atom. The summed E-state index contributed by atoms with van der Waals surface area (Å²) >= 11 is 9.53. The number of aromatic nitrogens is 3. The third-order valence-corrected chi connectivity index (χ3v) is 6.43. The number of Topliss-reactive ketones (excluding diaryl/α,β-unsaturated/α-hetero) is 1. The van der Waals surface area contributed by atoms with E-state index in [1.54, 1.807) is 4.68 Å². The number of hydrogen-bond acceptors (Lipinski definition) is 3. The summed E-state index contributed by atoms with van der Waals surface area (Å²) in [5.74, 6) is 0.598. The van der Waals surface area contributed by atoms with Crippen molar-refractivity contribution in [2.24, 2.45) is 0 Å². The van der Waals surface area contributed by atoms with Gasteiger partial charge in [-0.15, -0.1) is 0 Å². The Morgan fingerprint density at radius 3 is 2.06 bits per heavy atom. The topological polar surface area (TPSA) is 39.8 Å². The predicted molar refractivity (Wildman–Crippen MR) is 141 cm³/mol. The van der Waals surface area contributed by atoms with Crippen LogP contribution in [0.5, 0.6) is 0 Å². The van der Waals surface area contributed by atoms with Crippen molar-refractivity contribution in [2.45, 2.75) is 6.04 Å². The average Bonchev–Trinajstić information content (AvgIpc) is 3.22. The van der Waals surface area contributed by atoms with Crippen LogP contribution in [0, 0.1) is 4.77 Å². The Morgan fingerprint density at radius 2 is 1.41 bits per heavy atom. The quantitative estimate of drug-likeness (QED) is 0.172. The lowest BCUT2D eigenvalue weighted by Crippen LogP contribution is -2.22. The van der Waals surface area contributed by atoms with Crippen LogP contribution < -0.4 is 0 Å². The maximum atomic E-state index is 13.8. The van der Waals surface area contributed by atoms with Crippen LogP contribution in [-0.2, 0) is 0 Å². The summed E-state index contributed by atoms with van der Waals surface area (Å²) in [6.07, 6.45) is 0. The number of hydrogen-bond donors (Lipinski definition) is 0. The van der Waals surface area contributed by atoms with Gasteiger partial charge in [0.15, 0.2) is 11.6 Å². The van der Waals surface area contributed by atoms with Crippen LogP contribution in [0.1, 0.15) is 22.0 Å². The van der Waals surface area contributed by atoms with E-state index in [0.29, 0.717) is 16.2 Å². The molecule has 1 unspecified atom stereocenters. The lowest BCUT2D eigenvalue weighted by atomic mass is 9.97. The number of rotatable bonds is 6. The lowest BCUT2D eigenvalue weighted by Gasteiger charge is -2.17. The molecule has 4 nitrogen and oxygen atoms in total. The Kier molecular flexibility index (Phi) is 6.34. The van der Waals surface area contributed by atoms with Crippen molar-refractivity contribution in [1.82, 2.24) is 14.3 Å². The number of carbonyl (C=O) groups is 1. The van der Waals surface area contributed by atoms with E-state index in [0.717, 1.165) is 21.3 Å². The predicted octanol–water partition coefficient (Wildman–Crippen LogP) is 7.31. The summed E-state index contributed by atoms with van der Waals surface area (Å²) in [6, 6.07) is 36.0. The van der Waals surface area contributed by atoms with Crippen LogP contribution in [0.15, 0.2) is 120 Å². The normalized spacial score (nSPS) is 11.8. The summed E-state index contributed by atoms with van der Waals surface area (Å²) in [5.41, 5.74) is 3.21. The Bertz CT molecular complexity index is 1500. The van der Waals surface area contributed by atoms with Crippen LogP contribution in [-0.4, -0.2) is 20.1 Å². The molecule has 0 aliphatic rings. The van der Waals surface area contributed by atoms with Gasteiger partial charge in [-0.25, -0.2) is 4.68 Å². The number of carbonyl (C=O) groups excluding carboxylic acids is 1. The molecule has 1 heterocycles. The van der Waals surface area contributed by atoms with Gasteiger partial charge in [0.05, 0.1) is 0 Å². The molecule has 0 aliphatic carbocycles. The van der Waals surface area contributed by atoms with Gasteiger partial charge >= 0.3 is 0 Å². The summed E-state index contributed by atoms with van der Waals surface area (Å²) in [6.45, 7) is 0. The first-order valence-corrected chi connectivity index (χ1v) is 12.0. The van der Waals surface area contributed by atoms with E-state index in [2.05, 4.69) is 15.9 Å². The summed E-state index contributed by atoms with van der Waals surface area (Å²) in [7, 11) is 0. The van der Waals surface area contributed by atoms with Crippen molar-refractivity contribution in [1.29, 1.82) is 0 Å². The van der Waals surface area contributed by atoms with Crippen LogP contribution in [0.4, 0.5) is 0 Å². The Labute approximate surface area is 211 Å². The van der Waals surface area contributed by atoms with Crippen molar-refractivity contribution in [3.8, 4) is 17.1 Å². The fraction of sp³-hybridized carbons (Fsp3) is 0.0357. The molecule has 1 atom stereocenters. The first-order chi connectivity index (χ1) is 16.6. The molecule has 5 aromatic rings. The number of nitrogens with zero attached hydrogens (tertiary/aromatic N) is 3. The number of halogens is 1. The van der Waals surface area contributed by atoms with Gasteiger partial charge < -0.3 is 0 Å². The monoisotopic (exact) mass is 525 g/mol. The molecule has 0 bridgehead atoms. The molecule has 0 saturated carbocycles. The smallest absolute Gasteiger partial charge is 0.203 e. The van der Waals surface area contributed by atoms with Gasteiger partial charge in [0.2, 0.25) is 4.77 Å². The molecule has 0 spiro atoms. The first kappa shape index (κ1) is 22.2. The molecular weight excluding hydrogens is 506 g/mol. The van der Waals surface area contributed by atoms with E-state index in [1.165, 1.54) is 0 Å². The second-order valence-electron chi connectivity index (χ2n) is 7.78. The first-order valence-electron chi connectivity index (χ1n) is 10.8. The second kappa shape index (κ2) is 9.71. The van der Waals surface area contributed by atoms with Gasteiger partial charge in [-0.3, -0.25) is 9.36 Å². The molecule has 34 heavy (non-hydrogen) atoms. The summed E-state index contributed by atoms with van der Waals surface area (Å²) < 4.78 is 4.97. The SMILES string of the molecule is O=C(c1ccccc1)C(c1ccccc1)n1nc(-c2cccc(Br)c2)n(-c2ccccc2)c1=S. The highest BCUT2D eigenvalue weighted by Gasteiger charge is 2.28. The molecule has 0 N–H and O–H groups in total. The Hall–Kier alpha value is -3.61. The van der Waals surface area contributed by atoms with E-state index < -0.39 is 6.04 Å². The highest BCUT2D eigenvalue weighted by atomic mass is 79.9. The fourth-order valence-electron chi connectivity index (χ4n) is 3.97. The van der Waals surface area contributed by atoms with Crippen LogP contribution in [0.3, 0.4) is 0 Å². The van der Waals surface area contributed by atoms with Crippen LogP contribution in [0.2, 0.25) is 0 Å². The highest BCUT2D eigenvalue weighted by molar-refractivity contribution is 9.10. The second-order valence-corrected chi connectivity index (χ2v) is 9.06. The third kappa shape index (κ3) is 4.30. The van der Waals surface area contributed by atoms with Crippen LogP contribution in [0.25, 0.3) is 17.1 Å². The minimum Gasteiger partial charge on any atom is -0.291 e. The zero-order chi connectivity index (χ0) is 23.5. The molecule has 5 rings (SSSR count). The molecule has 4 aromatic carbocycles. The van der Waals surface area contributed by atoms with Gasteiger partial charge in [0, 0.05) is 21.3 Å². The summed E-state index contributed by atoms with van der Waals surface area (Å²) in [4.78, 5) is 13.8.